The Balaban J connectivity index is 1.48. The molecule has 0 saturated heterocycles. The second-order valence-corrected chi connectivity index (χ2v) is 7.74. The molecule has 0 spiro atoms. The van der Waals surface area contributed by atoms with E-state index >= 15 is 0 Å². The van der Waals surface area contributed by atoms with Crippen molar-refractivity contribution >= 4 is 16.9 Å². The molecule has 2 aromatic carbocycles. The number of rotatable bonds is 5. The highest BCUT2D eigenvalue weighted by molar-refractivity contribution is 5.82. The summed E-state index contributed by atoms with van der Waals surface area (Å²) in [4.78, 5) is 20.4. The Morgan fingerprint density at radius 1 is 1.11 bits per heavy atom. The van der Waals surface area contributed by atoms with Crippen molar-refractivity contribution in [3.8, 4) is 0 Å². The third kappa shape index (κ3) is 2.84. The summed E-state index contributed by atoms with van der Waals surface area (Å²) in [5.41, 5.74) is 4.80. The molecule has 1 aromatic heterocycles. The molecule has 27 heavy (non-hydrogen) atoms. The van der Waals surface area contributed by atoms with Gasteiger partial charge in [0.05, 0.1) is 17.1 Å². The summed E-state index contributed by atoms with van der Waals surface area (Å²) in [6.07, 6.45) is 5.22. The first-order valence-corrected chi connectivity index (χ1v) is 10.1. The lowest BCUT2D eigenvalue weighted by atomic mass is 10.1. The Kier molecular flexibility index (Phi) is 4.00. The van der Waals surface area contributed by atoms with Gasteiger partial charge in [-0.1, -0.05) is 43.3 Å². The lowest BCUT2D eigenvalue weighted by molar-refractivity contribution is -0.135. The van der Waals surface area contributed by atoms with Crippen molar-refractivity contribution in [2.24, 2.45) is 0 Å². The van der Waals surface area contributed by atoms with E-state index < -0.39 is 0 Å². The summed E-state index contributed by atoms with van der Waals surface area (Å²) in [5.74, 6) is 1.23. The maximum absolute atomic E-state index is 13.5. The van der Waals surface area contributed by atoms with Crippen molar-refractivity contribution in [1.82, 2.24) is 14.5 Å². The van der Waals surface area contributed by atoms with E-state index in [4.69, 9.17) is 4.98 Å². The van der Waals surface area contributed by atoms with Gasteiger partial charge in [0, 0.05) is 12.5 Å². The topological polar surface area (TPSA) is 38.1 Å². The number of amides is 1. The van der Waals surface area contributed by atoms with E-state index in [0.29, 0.717) is 12.6 Å². The molecule has 1 saturated carbocycles. The maximum Gasteiger partial charge on any atom is 0.243 e. The van der Waals surface area contributed by atoms with E-state index in [-0.39, 0.29) is 11.9 Å². The van der Waals surface area contributed by atoms with Crippen LogP contribution in [0.15, 0.2) is 48.5 Å². The number of aryl methyl sites for hydroxylation is 2. The maximum atomic E-state index is 13.5. The predicted octanol–water partition coefficient (Wildman–Crippen LogP) is 4.28. The second-order valence-electron chi connectivity index (χ2n) is 7.74. The third-order valence-corrected chi connectivity index (χ3v) is 6.01. The number of aromatic nitrogens is 2. The van der Waals surface area contributed by atoms with Gasteiger partial charge >= 0.3 is 0 Å². The molecule has 138 valence electrons. The minimum Gasteiger partial charge on any atom is -0.331 e. The van der Waals surface area contributed by atoms with Crippen LogP contribution in [0.4, 0.5) is 0 Å². The quantitative estimate of drug-likeness (QED) is 0.682. The predicted molar refractivity (Wildman–Crippen MR) is 106 cm³/mol. The summed E-state index contributed by atoms with van der Waals surface area (Å²) < 4.78 is 2.12. The molecule has 0 N–H and O–H groups in total. The molecular weight excluding hydrogens is 334 g/mol. The Labute approximate surface area is 159 Å². The first kappa shape index (κ1) is 16.5. The molecule has 2 aliphatic carbocycles. The van der Waals surface area contributed by atoms with Crippen molar-refractivity contribution in [3.63, 3.8) is 0 Å². The molecule has 0 radical (unpaired) electrons. The summed E-state index contributed by atoms with van der Waals surface area (Å²) in [6.45, 7) is 2.49. The molecule has 2 aliphatic rings. The zero-order valence-corrected chi connectivity index (χ0v) is 15.8. The zero-order chi connectivity index (χ0) is 18.4. The van der Waals surface area contributed by atoms with Crippen LogP contribution in [-0.2, 0) is 24.2 Å². The van der Waals surface area contributed by atoms with Crippen LogP contribution in [0.25, 0.3) is 11.0 Å². The third-order valence-electron chi connectivity index (χ3n) is 6.01. The first-order valence-electron chi connectivity index (χ1n) is 10.1. The van der Waals surface area contributed by atoms with Crippen molar-refractivity contribution < 1.29 is 4.79 Å². The highest BCUT2D eigenvalue weighted by atomic mass is 16.2. The average Bonchev–Trinajstić information content (AvgIpc) is 3.34. The van der Waals surface area contributed by atoms with E-state index in [1.165, 1.54) is 11.1 Å². The van der Waals surface area contributed by atoms with Crippen LogP contribution >= 0.6 is 0 Å². The Morgan fingerprint density at radius 3 is 2.70 bits per heavy atom. The standard InChI is InChI=1S/C23H25N3O/c1-2-22-24-19-9-5-6-10-21(19)25(22)15-23(27)26(17-12-13-17)20-14-11-16-7-3-4-8-18(16)20/h3-10,17,20H,2,11-15H2,1H3. The number of benzene rings is 2. The van der Waals surface area contributed by atoms with Gasteiger partial charge in [-0.25, -0.2) is 4.98 Å². The molecule has 1 amide bonds. The van der Waals surface area contributed by atoms with E-state index in [9.17, 15) is 4.79 Å². The molecule has 1 unspecified atom stereocenters. The van der Waals surface area contributed by atoms with E-state index in [1.54, 1.807) is 0 Å². The van der Waals surface area contributed by atoms with Gasteiger partial charge in [-0.05, 0) is 48.9 Å². The molecule has 4 nitrogen and oxygen atoms in total. The molecule has 4 heteroatoms. The van der Waals surface area contributed by atoms with Gasteiger partial charge in [0.1, 0.15) is 12.4 Å². The highest BCUT2D eigenvalue weighted by Crippen LogP contribution is 2.42. The molecule has 0 bridgehead atoms. The average molecular weight is 359 g/mol. The molecule has 5 rings (SSSR count). The number of hydrogen-bond donors (Lipinski definition) is 0. The minimum atomic E-state index is 0.233. The van der Waals surface area contributed by atoms with Crippen LogP contribution in [0.3, 0.4) is 0 Å². The summed E-state index contributed by atoms with van der Waals surface area (Å²) >= 11 is 0. The monoisotopic (exact) mass is 359 g/mol. The first-order chi connectivity index (χ1) is 13.3. The largest absolute Gasteiger partial charge is 0.331 e. The number of para-hydroxylation sites is 2. The van der Waals surface area contributed by atoms with Crippen LogP contribution in [0.5, 0.6) is 0 Å². The van der Waals surface area contributed by atoms with Crippen molar-refractivity contribution in [1.29, 1.82) is 0 Å². The number of carbonyl (C=O) groups excluding carboxylic acids is 1. The van der Waals surface area contributed by atoms with Crippen LogP contribution in [0, 0.1) is 0 Å². The number of nitrogens with zero attached hydrogens (tertiary/aromatic N) is 3. The Hall–Kier alpha value is -2.62. The lowest BCUT2D eigenvalue weighted by Crippen LogP contribution is -2.38. The fourth-order valence-electron chi connectivity index (χ4n) is 4.60. The second kappa shape index (κ2) is 6.52. The van der Waals surface area contributed by atoms with Crippen molar-refractivity contribution in [3.05, 3.63) is 65.5 Å². The zero-order valence-electron chi connectivity index (χ0n) is 15.8. The normalized spacial score (nSPS) is 18.6. The van der Waals surface area contributed by atoms with Crippen LogP contribution in [-0.4, -0.2) is 26.4 Å². The van der Waals surface area contributed by atoms with Crippen molar-refractivity contribution in [2.75, 3.05) is 0 Å². The Bertz CT molecular complexity index is 1000. The van der Waals surface area contributed by atoms with Crippen molar-refractivity contribution in [2.45, 2.75) is 57.7 Å². The fraction of sp³-hybridized carbons (Fsp3) is 0.391. The summed E-state index contributed by atoms with van der Waals surface area (Å²) in [7, 11) is 0. The Morgan fingerprint density at radius 2 is 1.89 bits per heavy atom. The summed E-state index contributed by atoms with van der Waals surface area (Å²) in [6, 6.07) is 17.4. The molecular formula is C23H25N3O. The smallest absolute Gasteiger partial charge is 0.243 e. The van der Waals surface area contributed by atoms with Crippen LogP contribution in [0.1, 0.15) is 49.2 Å². The minimum absolute atomic E-state index is 0.233. The fourth-order valence-corrected chi connectivity index (χ4v) is 4.60. The molecule has 3 aromatic rings. The number of carbonyl (C=O) groups is 1. The van der Waals surface area contributed by atoms with Gasteiger partial charge in [-0.3, -0.25) is 4.79 Å². The van der Waals surface area contributed by atoms with Gasteiger partial charge in [0.25, 0.3) is 0 Å². The highest BCUT2D eigenvalue weighted by Gasteiger charge is 2.40. The van der Waals surface area contributed by atoms with Gasteiger partial charge in [0.15, 0.2) is 0 Å². The van der Waals surface area contributed by atoms with E-state index in [0.717, 1.165) is 49.0 Å². The van der Waals surface area contributed by atoms with Crippen LogP contribution in [0.2, 0.25) is 0 Å². The molecule has 1 fully saturated rings. The van der Waals surface area contributed by atoms with E-state index in [2.05, 4.69) is 46.7 Å². The van der Waals surface area contributed by atoms with E-state index in [1.807, 2.05) is 18.2 Å². The molecule has 1 atom stereocenters. The lowest BCUT2D eigenvalue weighted by Gasteiger charge is -2.30. The number of fused-ring (bicyclic) bond motifs is 2. The molecule has 0 aliphatic heterocycles. The van der Waals surface area contributed by atoms with Gasteiger partial charge in [-0.2, -0.15) is 0 Å². The number of hydrogen-bond acceptors (Lipinski definition) is 2. The van der Waals surface area contributed by atoms with Crippen LogP contribution < -0.4 is 0 Å². The van der Waals surface area contributed by atoms with Gasteiger partial charge in [-0.15, -0.1) is 0 Å². The number of imidazole rings is 1. The van der Waals surface area contributed by atoms with Gasteiger partial charge in [0.2, 0.25) is 5.91 Å². The van der Waals surface area contributed by atoms with Gasteiger partial charge < -0.3 is 9.47 Å². The SMILES string of the molecule is CCc1nc2ccccc2n1CC(=O)N(C1CC1)C1CCc2ccccc21. The molecule has 1 heterocycles. The summed E-state index contributed by atoms with van der Waals surface area (Å²) in [5, 5.41) is 0.